The summed E-state index contributed by atoms with van der Waals surface area (Å²) in [6.45, 7) is 2.48. The highest BCUT2D eigenvalue weighted by atomic mass is 32.2. The fourth-order valence-corrected chi connectivity index (χ4v) is 4.51. The molecule has 3 aromatic carbocycles. The number of rotatable bonds is 6. The number of nitrogens with zero attached hydrogens (tertiary/aromatic N) is 1. The molecule has 0 aromatic heterocycles. The second-order valence-electron chi connectivity index (χ2n) is 7.54. The monoisotopic (exact) mass is 452 g/mol. The maximum Gasteiger partial charge on any atom is 0.264 e. The number of para-hydroxylation sites is 2. The van der Waals surface area contributed by atoms with Crippen LogP contribution in [-0.4, -0.2) is 40.6 Å². The summed E-state index contributed by atoms with van der Waals surface area (Å²) < 4.78 is 38.6. The normalized spacial score (nSPS) is 15.1. The first-order chi connectivity index (χ1) is 15.3. The zero-order chi connectivity index (χ0) is 22.7. The molecule has 4 rings (SSSR count). The van der Waals surface area contributed by atoms with Gasteiger partial charge in [0.05, 0.1) is 17.1 Å². The van der Waals surface area contributed by atoms with Gasteiger partial charge in [0.25, 0.3) is 15.9 Å². The molecule has 166 valence electrons. The molecule has 1 atom stereocenters. The smallest absolute Gasteiger partial charge is 0.264 e. The van der Waals surface area contributed by atoms with Crippen molar-refractivity contribution in [2.75, 3.05) is 24.5 Å². The topological polar surface area (TPSA) is 84.9 Å². The molecular formula is C24H24N2O5S. The molecule has 1 amide bonds. The van der Waals surface area contributed by atoms with Gasteiger partial charge in [-0.15, -0.1) is 0 Å². The zero-order valence-electron chi connectivity index (χ0n) is 17.8. The van der Waals surface area contributed by atoms with Crippen LogP contribution in [0.2, 0.25) is 0 Å². The number of hydrogen-bond acceptors (Lipinski definition) is 5. The van der Waals surface area contributed by atoms with E-state index in [1.807, 2.05) is 31.2 Å². The van der Waals surface area contributed by atoms with Crippen molar-refractivity contribution < 1.29 is 22.7 Å². The molecule has 8 heteroatoms. The second kappa shape index (κ2) is 8.92. The van der Waals surface area contributed by atoms with Crippen molar-refractivity contribution in [1.82, 2.24) is 5.32 Å². The number of nitrogens with one attached hydrogen (secondary N) is 1. The van der Waals surface area contributed by atoms with Crippen molar-refractivity contribution >= 4 is 21.6 Å². The number of carbonyl (C=O) groups excluding carboxylic acids is 1. The average molecular weight is 453 g/mol. The summed E-state index contributed by atoms with van der Waals surface area (Å²) >= 11 is 0. The first-order valence-electron chi connectivity index (χ1n) is 10.2. The SMILES string of the molecule is Cc1ccc(S(=O)(=O)N(C)c2cccc(C(=O)NCC3COc4ccccc4O3)c2)cc1. The lowest BCUT2D eigenvalue weighted by Crippen LogP contribution is -2.40. The summed E-state index contributed by atoms with van der Waals surface area (Å²) in [6, 6.07) is 20.5. The molecular weight excluding hydrogens is 428 g/mol. The van der Waals surface area contributed by atoms with Crippen molar-refractivity contribution in [2.24, 2.45) is 0 Å². The van der Waals surface area contributed by atoms with Crippen molar-refractivity contribution in [2.45, 2.75) is 17.9 Å². The Morgan fingerprint density at radius 3 is 2.50 bits per heavy atom. The summed E-state index contributed by atoms with van der Waals surface area (Å²) in [5.74, 6) is 0.999. The lowest BCUT2D eigenvalue weighted by molar-refractivity contribution is 0.0789. The van der Waals surface area contributed by atoms with Crippen LogP contribution in [0.25, 0.3) is 0 Å². The first kappa shape index (κ1) is 21.7. The molecule has 1 aliphatic rings. The Hall–Kier alpha value is -3.52. The molecule has 0 bridgehead atoms. The van der Waals surface area contributed by atoms with Crippen molar-refractivity contribution in [3.05, 3.63) is 83.9 Å². The standard InChI is InChI=1S/C24H24N2O5S/c1-17-10-12-21(13-11-17)32(28,29)26(2)19-7-5-6-18(14-19)24(27)25-15-20-16-30-22-8-3-4-9-23(22)31-20/h3-14,20H,15-16H2,1-2H3,(H,25,27). The van der Waals surface area contributed by atoms with Crippen LogP contribution >= 0.6 is 0 Å². The van der Waals surface area contributed by atoms with E-state index < -0.39 is 10.0 Å². The summed E-state index contributed by atoms with van der Waals surface area (Å²) in [7, 11) is -2.27. The predicted molar refractivity (Wildman–Crippen MR) is 122 cm³/mol. The van der Waals surface area contributed by atoms with Crippen LogP contribution in [0.4, 0.5) is 5.69 Å². The van der Waals surface area contributed by atoms with E-state index in [4.69, 9.17) is 9.47 Å². The van der Waals surface area contributed by atoms with E-state index in [-0.39, 0.29) is 23.5 Å². The van der Waals surface area contributed by atoms with Gasteiger partial charge in [-0.3, -0.25) is 9.10 Å². The third-order valence-corrected chi connectivity index (χ3v) is 7.01. The molecule has 0 radical (unpaired) electrons. The molecule has 1 N–H and O–H groups in total. The zero-order valence-corrected chi connectivity index (χ0v) is 18.6. The number of carbonyl (C=O) groups is 1. The van der Waals surface area contributed by atoms with Crippen LogP contribution < -0.4 is 19.1 Å². The molecule has 0 spiro atoms. The fourth-order valence-electron chi connectivity index (χ4n) is 3.32. The Kier molecular flexibility index (Phi) is 6.05. The maximum atomic E-state index is 13.0. The van der Waals surface area contributed by atoms with Crippen molar-refractivity contribution in [3.63, 3.8) is 0 Å². The molecule has 0 aliphatic carbocycles. The highest BCUT2D eigenvalue weighted by molar-refractivity contribution is 7.92. The number of sulfonamides is 1. The Morgan fingerprint density at radius 2 is 1.75 bits per heavy atom. The molecule has 7 nitrogen and oxygen atoms in total. The largest absolute Gasteiger partial charge is 0.486 e. The van der Waals surface area contributed by atoms with Gasteiger partial charge in [0.15, 0.2) is 11.5 Å². The molecule has 0 saturated heterocycles. The van der Waals surface area contributed by atoms with E-state index >= 15 is 0 Å². The van der Waals surface area contributed by atoms with E-state index in [0.717, 1.165) is 5.56 Å². The van der Waals surface area contributed by atoms with Gasteiger partial charge in [-0.25, -0.2) is 8.42 Å². The predicted octanol–water partition coefficient (Wildman–Crippen LogP) is 3.39. The first-order valence-corrected chi connectivity index (χ1v) is 11.6. The minimum Gasteiger partial charge on any atom is -0.486 e. The van der Waals surface area contributed by atoms with Gasteiger partial charge in [-0.05, 0) is 49.4 Å². The summed E-state index contributed by atoms with van der Waals surface area (Å²) in [5, 5.41) is 2.83. The number of anilines is 1. The van der Waals surface area contributed by atoms with Gasteiger partial charge in [-0.1, -0.05) is 35.9 Å². The van der Waals surface area contributed by atoms with Crippen molar-refractivity contribution in [1.29, 1.82) is 0 Å². The Labute approximate surface area is 187 Å². The number of ether oxygens (including phenoxy) is 2. The summed E-state index contributed by atoms with van der Waals surface area (Å²) in [5.41, 5.74) is 1.72. The van der Waals surface area contributed by atoms with Gasteiger partial charge in [0, 0.05) is 12.6 Å². The Morgan fingerprint density at radius 1 is 1.03 bits per heavy atom. The van der Waals surface area contributed by atoms with Gasteiger partial charge in [0.2, 0.25) is 0 Å². The summed E-state index contributed by atoms with van der Waals surface area (Å²) in [4.78, 5) is 12.9. The van der Waals surface area contributed by atoms with Gasteiger partial charge in [0.1, 0.15) is 12.7 Å². The fraction of sp³-hybridized carbons (Fsp3) is 0.208. The van der Waals surface area contributed by atoms with Gasteiger partial charge < -0.3 is 14.8 Å². The molecule has 3 aromatic rings. The van der Waals surface area contributed by atoms with Crippen LogP contribution in [-0.2, 0) is 10.0 Å². The van der Waals surface area contributed by atoms with Crippen LogP contribution in [0.3, 0.4) is 0 Å². The highest BCUT2D eigenvalue weighted by Gasteiger charge is 2.23. The van der Waals surface area contributed by atoms with Crippen LogP contribution in [0, 0.1) is 6.92 Å². The Balaban J connectivity index is 1.43. The van der Waals surface area contributed by atoms with Gasteiger partial charge >= 0.3 is 0 Å². The number of amides is 1. The summed E-state index contributed by atoms with van der Waals surface area (Å²) in [6.07, 6.45) is -0.318. The number of hydrogen-bond donors (Lipinski definition) is 1. The van der Waals surface area contributed by atoms with Gasteiger partial charge in [-0.2, -0.15) is 0 Å². The maximum absolute atomic E-state index is 13.0. The van der Waals surface area contributed by atoms with Crippen LogP contribution in [0.5, 0.6) is 11.5 Å². The van der Waals surface area contributed by atoms with Crippen molar-refractivity contribution in [3.8, 4) is 11.5 Å². The third kappa shape index (κ3) is 4.55. The molecule has 0 fully saturated rings. The number of fused-ring (bicyclic) bond motifs is 1. The molecule has 1 heterocycles. The van der Waals surface area contributed by atoms with E-state index in [1.54, 1.807) is 48.5 Å². The van der Waals surface area contributed by atoms with Crippen LogP contribution in [0.15, 0.2) is 77.7 Å². The quantitative estimate of drug-likeness (QED) is 0.620. The molecule has 32 heavy (non-hydrogen) atoms. The number of aryl methyl sites for hydroxylation is 1. The van der Waals surface area contributed by atoms with Crippen LogP contribution in [0.1, 0.15) is 15.9 Å². The van der Waals surface area contributed by atoms with E-state index in [2.05, 4.69) is 5.32 Å². The van der Waals surface area contributed by atoms with E-state index in [1.165, 1.54) is 11.4 Å². The molecule has 1 unspecified atom stereocenters. The van der Waals surface area contributed by atoms with E-state index in [0.29, 0.717) is 29.4 Å². The lowest BCUT2D eigenvalue weighted by atomic mass is 10.2. The Bertz CT molecular complexity index is 1230. The minimum atomic E-state index is -3.74. The average Bonchev–Trinajstić information content (AvgIpc) is 2.82. The number of benzene rings is 3. The second-order valence-corrected chi connectivity index (χ2v) is 9.51. The molecule has 1 aliphatic heterocycles. The highest BCUT2D eigenvalue weighted by Crippen LogP contribution is 2.30. The third-order valence-electron chi connectivity index (χ3n) is 5.21. The molecule has 0 saturated carbocycles. The van der Waals surface area contributed by atoms with E-state index in [9.17, 15) is 13.2 Å². The lowest BCUT2D eigenvalue weighted by Gasteiger charge is -2.26. The minimum absolute atomic E-state index is 0.190.